The molecule has 0 spiro atoms. The number of para-hydroxylation sites is 1. The van der Waals surface area contributed by atoms with E-state index in [2.05, 4.69) is 10.5 Å². The van der Waals surface area contributed by atoms with Crippen LogP contribution in [0.15, 0.2) is 71.8 Å². The fourth-order valence-corrected chi connectivity index (χ4v) is 3.73. The number of aromatic hydroxyl groups is 1. The second kappa shape index (κ2) is 8.63. The molecule has 1 amide bonds. The van der Waals surface area contributed by atoms with Crippen molar-refractivity contribution in [3.8, 4) is 11.6 Å². The summed E-state index contributed by atoms with van der Waals surface area (Å²) in [7, 11) is 0. The van der Waals surface area contributed by atoms with Crippen LogP contribution in [0.25, 0.3) is 16.6 Å². The van der Waals surface area contributed by atoms with Crippen LogP contribution in [0.4, 0.5) is 0 Å². The normalized spacial score (nSPS) is 11.5. The molecule has 1 aromatic heterocycles. The molecule has 0 aliphatic rings. The van der Waals surface area contributed by atoms with Crippen molar-refractivity contribution < 1.29 is 19.8 Å². The number of fused-ring (bicyclic) bond motifs is 1. The maximum Gasteiger partial charge on any atom is 0.335 e. The first-order valence-corrected chi connectivity index (χ1v) is 10.4. The molecule has 0 saturated heterocycles. The molecule has 4 aromatic rings. The Morgan fingerprint density at radius 1 is 0.909 bits per heavy atom. The van der Waals surface area contributed by atoms with Crippen LogP contribution in [0.5, 0.6) is 5.88 Å². The van der Waals surface area contributed by atoms with Gasteiger partial charge in [-0.15, -0.1) is 0 Å². The molecular formula is C26H23N3O4. The van der Waals surface area contributed by atoms with E-state index in [9.17, 15) is 14.7 Å². The van der Waals surface area contributed by atoms with Gasteiger partial charge in [-0.05, 0) is 74.4 Å². The lowest BCUT2D eigenvalue weighted by atomic mass is 10.1. The maximum atomic E-state index is 12.5. The number of benzene rings is 3. The molecule has 0 aliphatic heterocycles. The van der Waals surface area contributed by atoms with Gasteiger partial charge in [-0.25, -0.2) is 10.2 Å². The number of carbonyl (C=O) groups excluding carboxylic acids is 1. The van der Waals surface area contributed by atoms with E-state index in [0.717, 1.165) is 27.7 Å². The minimum atomic E-state index is -1.06. The highest BCUT2D eigenvalue weighted by Crippen LogP contribution is 2.35. The third kappa shape index (κ3) is 4.08. The van der Waals surface area contributed by atoms with E-state index in [4.69, 9.17) is 5.11 Å². The Kier molecular flexibility index (Phi) is 5.70. The number of hydrazone groups is 1. The predicted octanol–water partition coefficient (Wildman–Crippen LogP) is 4.81. The van der Waals surface area contributed by atoms with Crippen LogP contribution in [0.1, 0.15) is 44.3 Å². The lowest BCUT2D eigenvalue weighted by molar-refractivity contribution is 0.0696. The summed E-state index contributed by atoms with van der Waals surface area (Å²) in [6.07, 6.45) is 0. The fraction of sp³-hybridized carbons (Fsp3) is 0.115. The summed E-state index contributed by atoms with van der Waals surface area (Å²) in [6, 6.07) is 19.1. The van der Waals surface area contributed by atoms with E-state index in [1.54, 1.807) is 11.5 Å². The molecule has 0 radical (unpaired) electrons. The molecule has 1 heterocycles. The summed E-state index contributed by atoms with van der Waals surface area (Å²) in [5.41, 5.74) is 7.72. The molecule has 0 aliphatic carbocycles. The maximum absolute atomic E-state index is 12.5. The largest absolute Gasteiger partial charge is 0.494 e. The Morgan fingerprint density at radius 3 is 2.24 bits per heavy atom. The van der Waals surface area contributed by atoms with Crippen molar-refractivity contribution in [3.63, 3.8) is 0 Å². The predicted molar refractivity (Wildman–Crippen MR) is 127 cm³/mol. The SMILES string of the molecule is CC(=NNC(=O)c1ccc(C(=O)O)cc1)c1c(O)n(-c2ccc(C)c(C)c2)c2ccccc12. The van der Waals surface area contributed by atoms with Gasteiger partial charge in [0.15, 0.2) is 0 Å². The third-order valence-electron chi connectivity index (χ3n) is 5.68. The van der Waals surface area contributed by atoms with Gasteiger partial charge in [0.25, 0.3) is 5.91 Å². The van der Waals surface area contributed by atoms with Gasteiger partial charge < -0.3 is 10.2 Å². The second-order valence-electron chi connectivity index (χ2n) is 7.84. The summed E-state index contributed by atoms with van der Waals surface area (Å²) in [5.74, 6) is -1.52. The highest BCUT2D eigenvalue weighted by Gasteiger charge is 2.20. The van der Waals surface area contributed by atoms with Crippen LogP contribution in [-0.4, -0.2) is 32.4 Å². The molecule has 0 unspecified atom stereocenters. The van der Waals surface area contributed by atoms with Crippen molar-refractivity contribution >= 4 is 28.5 Å². The molecule has 3 aromatic carbocycles. The Hall–Kier alpha value is -4.39. The summed E-state index contributed by atoms with van der Waals surface area (Å²) in [4.78, 5) is 23.5. The van der Waals surface area contributed by atoms with Crippen molar-refractivity contribution in [2.75, 3.05) is 0 Å². The van der Waals surface area contributed by atoms with Crippen LogP contribution in [-0.2, 0) is 0 Å². The number of hydrogen-bond acceptors (Lipinski definition) is 4. The topological polar surface area (TPSA) is 104 Å². The number of rotatable bonds is 5. The number of carboxylic acid groups (broad SMARTS) is 1. The van der Waals surface area contributed by atoms with Crippen LogP contribution in [0.2, 0.25) is 0 Å². The summed E-state index contributed by atoms with van der Waals surface area (Å²) >= 11 is 0. The quantitative estimate of drug-likeness (QED) is 0.305. The standard InChI is InChI=1S/C26H23N3O4/c1-15-8-13-20(14-16(15)2)29-22-7-5-4-6-21(22)23(25(29)31)17(3)27-28-24(30)18-9-11-19(12-10-18)26(32)33/h4-14,31H,1-3H3,(H,28,30)(H,32,33). The first kappa shape index (κ1) is 21.8. The van der Waals surface area contributed by atoms with E-state index in [0.29, 0.717) is 11.3 Å². The molecule has 3 N–H and O–H groups in total. The third-order valence-corrected chi connectivity index (χ3v) is 5.68. The Bertz CT molecular complexity index is 1420. The molecule has 166 valence electrons. The van der Waals surface area contributed by atoms with E-state index >= 15 is 0 Å². The van der Waals surface area contributed by atoms with Crippen molar-refractivity contribution in [1.82, 2.24) is 9.99 Å². The average molecular weight is 441 g/mol. The monoisotopic (exact) mass is 441 g/mol. The molecule has 0 atom stereocenters. The van der Waals surface area contributed by atoms with E-state index in [1.807, 2.05) is 56.3 Å². The fourth-order valence-electron chi connectivity index (χ4n) is 3.73. The van der Waals surface area contributed by atoms with E-state index in [1.165, 1.54) is 24.3 Å². The Labute approximate surface area is 190 Å². The zero-order valence-corrected chi connectivity index (χ0v) is 18.5. The Morgan fingerprint density at radius 2 is 1.58 bits per heavy atom. The lowest BCUT2D eigenvalue weighted by Gasteiger charge is -2.10. The molecule has 0 bridgehead atoms. The molecule has 7 nitrogen and oxygen atoms in total. The number of aromatic nitrogens is 1. The van der Waals surface area contributed by atoms with Gasteiger partial charge in [0.1, 0.15) is 0 Å². The molecule has 0 saturated carbocycles. The van der Waals surface area contributed by atoms with Gasteiger partial charge in [-0.1, -0.05) is 24.3 Å². The van der Waals surface area contributed by atoms with Crippen LogP contribution < -0.4 is 5.43 Å². The van der Waals surface area contributed by atoms with Crippen molar-refractivity contribution in [2.45, 2.75) is 20.8 Å². The molecule has 0 fully saturated rings. The zero-order valence-electron chi connectivity index (χ0n) is 18.5. The number of aromatic carboxylic acids is 1. The average Bonchev–Trinajstić information content (AvgIpc) is 3.11. The van der Waals surface area contributed by atoms with Gasteiger partial charge in [0.05, 0.1) is 22.4 Å². The zero-order chi connectivity index (χ0) is 23.7. The minimum Gasteiger partial charge on any atom is -0.494 e. The van der Waals surface area contributed by atoms with Gasteiger partial charge in [-0.2, -0.15) is 5.10 Å². The first-order chi connectivity index (χ1) is 15.8. The number of aryl methyl sites for hydroxylation is 2. The summed E-state index contributed by atoms with van der Waals surface area (Å²) < 4.78 is 1.77. The number of carboxylic acids is 1. The first-order valence-electron chi connectivity index (χ1n) is 10.4. The number of nitrogens with zero attached hydrogens (tertiary/aromatic N) is 2. The molecule has 4 rings (SSSR count). The van der Waals surface area contributed by atoms with Crippen LogP contribution >= 0.6 is 0 Å². The van der Waals surface area contributed by atoms with Gasteiger partial charge in [0, 0.05) is 16.6 Å². The highest BCUT2D eigenvalue weighted by atomic mass is 16.4. The number of nitrogens with one attached hydrogen (secondary N) is 1. The van der Waals surface area contributed by atoms with Crippen LogP contribution in [0, 0.1) is 13.8 Å². The smallest absolute Gasteiger partial charge is 0.335 e. The van der Waals surface area contributed by atoms with E-state index < -0.39 is 11.9 Å². The Balaban J connectivity index is 1.71. The minimum absolute atomic E-state index is 0.0285. The second-order valence-corrected chi connectivity index (χ2v) is 7.84. The summed E-state index contributed by atoms with van der Waals surface area (Å²) in [6.45, 7) is 5.76. The van der Waals surface area contributed by atoms with Gasteiger partial charge in [0.2, 0.25) is 5.88 Å². The van der Waals surface area contributed by atoms with Crippen molar-refractivity contribution in [3.05, 3.63) is 94.5 Å². The number of amides is 1. The van der Waals surface area contributed by atoms with Gasteiger partial charge in [-0.3, -0.25) is 9.36 Å². The lowest BCUT2D eigenvalue weighted by Crippen LogP contribution is -2.19. The molecule has 33 heavy (non-hydrogen) atoms. The van der Waals surface area contributed by atoms with Crippen molar-refractivity contribution in [1.29, 1.82) is 0 Å². The molecule has 7 heteroatoms. The summed E-state index contributed by atoms with van der Waals surface area (Å²) in [5, 5.41) is 25.2. The van der Waals surface area contributed by atoms with Crippen LogP contribution in [0.3, 0.4) is 0 Å². The van der Waals surface area contributed by atoms with Gasteiger partial charge >= 0.3 is 5.97 Å². The molecular weight excluding hydrogens is 418 g/mol. The number of carbonyl (C=O) groups is 2. The number of hydrogen-bond donors (Lipinski definition) is 3. The van der Waals surface area contributed by atoms with E-state index in [-0.39, 0.29) is 17.0 Å². The highest BCUT2D eigenvalue weighted by molar-refractivity contribution is 6.13. The van der Waals surface area contributed by atoms with Crippen molar-refractivity contribution in [2.24, 2.45) is 5.10 Å².